The van der Waals surface area contributed by atoms with Gasteiger partial charge in [0.05, 0.1) is 6.61 Å². The average molecular weight is 247 g/mol. The molecular formula is C10H15BrO2. The number of allylic oxidation sites excluding steroid dienone is 2. The van der Waals surface area contributed by atoms with Crippen molar-refractivity contribution in [2.24, 2.45) is 5.92 Å². The third-order valence-corrected chi connectivity index (χ3v) is 2.54. The molecule has 2 atom stereocenters. The van der Waals surface area contributed by atoms with Gasteiger partial charge in [-0.25, -0.2) is 0 Å². The summed E-state index contributed by atoms with van der Waals surface area (Å²) in [6, 6.07) is 0. The quantitative estimate of drug-likeness (QED) is 0.435. The van der Waals surface area contributed by atoms with E-state index in [9.17, 15) is 4.79 Å². The van der Waals surface area contributed by atoms with E-state index in [0.717, 1.165) is 19.3 Å². The lowest BCUT2D eigenvalue weighted by Gasteiger charge is -2.17. The van der Waals surface area contributed by atoms with Crippen LogP contribution in [-0.4, -0.2) is 17.4 Å². The summed E-state index contributed by atoms with van der Waals surface area (Å²) in [5.74, 6) is 0.370. The van der Waals surface area contributed by atoms with Crippen LogP contribution in [0.4, 0.5) is 0 Å². The van der Waals surface area contributed by atoms with Crippen LogP contribution >= 0.6 is 15.9 Å². The first-order chi connectivity index (χ1) is 6.20. The third-order valence-electron chi connectivity index (χ3n) is 2.16. The van der Waals surface area contributed by atoms with Gasteiger partial charge in [0, 0.05) is 0 Å². The predicted molar refractivity (Wildman–Crippen MR) is 55.8 cm³/mol. The molecule has 2 nitrogen and oxygen atoms in total. The Balaban J connectivity index is 2.18. The minimum atomic E-state index is -0.188. The number of carbonyl (C=O) groups is 1. The smallest absolute Gasteiger partial charge is 0.319 e. The first-order valence-electron chi connectivity index (χ1n) is 4.66. The second-order valence-electron chi connectivity index (χ2n) is 3.40. The van der Waals surface area contributed by atoms with Crippen molar-refractivity contribution in [1.29, 1.82) is 0 Å². The van der Waals surface area contributed by atoms with Crippen LogP contribution in [-0.2, 0) is 9.53 Å². The van der Waals surface area contributed by atoms with Gasteiger partial charge in [-0.1, -0.05) is 28.1 Å². The van der Waals surface area contributed by atoms with Crippen molar-refractivity contribution in [1.82, 2.24) is 0 Å². The topological polar surface area (TPSA) is 26.3 Å². The van der Waals surface area contributed by atoms with Crippen LogP contribution in [0.15, 0.2) is 12.2 Å². The van der Waals surface area contributed by atoms with E-state index < -0.39 is 0 Å². The second kappa shape index (κ2) is 5.43. The number of rotatable bonds is 3. The summed E-state index contributed by atoms with van der Waals surface area (Å²) in [5.41, 5.74) is 0. The van der Waals surface area contributed by atoms with Crippen LogP contribution in [0.2, 0.25) is 0 Å². The van der Waals surface area contributed by atoms with Gasteiger partial charge in [-0.2, -0.15) is 0 Å². The number of esters is 1. The van der Waals surface area contributed by atoms with Crippen LogP contribution in [0.3, 0.4) is 0 Å². The lowest BCUT2D eigenvalue weighted by atomic mass is 9.95. The fourth-order valence-corrected chi connectivity index (χ4v) is 1.45. The number of carbonyl (C=O) groups excluding carboxylic acids is 1. The molecule has 0 aliphatic heterocycles. The maximum atomic E-state index is 11.1. The minimum absolute atomic E-state index is 0.158. The highest BCUT2D eigenvalue weighted by atomic mass is 79.9. The van der Waals surface area contributed by atoms with Crippen LogP contribution in [0.1, 0.15) is 26.2 Å². The molecule has 0 N–H and O–H groups in total. The molecule has 0 saturated carbocycles. The molecule has 0 aromatic carbocycles. The van der Waals surface area contributed by atoms with Crippen molar-refractivity contribution < 1.29 is 9.53 Å². The SMILES string of the molecule is C[C@@H](Br)C(=O)OC[C@@H]1CC=CCC1. The third kappa shape index (κ3) is 3.94. The van der Waals surface area contributed by atoms with Crippen molar-refractivity contribution in [3.63, 3.8) is 0 Å². The van der Waals surface area contributed by atoms with E-state index in [0.29, 0.717) is 12.5 Å². The summed E-state index contributed by atoms with van der Waals surface area (Å²) < 4.78 is 5.12. The van der Waals surface area contributed by atoms with Gasteiger partial charge in [0.2, 0.25) is 0 Å². The molecule has 0 aromatic rings. The monoisotopic (exact) mass is 246 g/mol. The average Bonchev–Trinajstić information content (AvgIpc) is 2.15. The molecule has 74 valence electrons. The Morgan fingerprint density at radius 1 is 1.69 bits per heavy atom. The van der Waals surface area contributed by atoms with Gasteiger partial charge in [-0.15, -0.1) is 0 Å². The molecule has 3 heteroatoms. The Labute approximate surface area is 87.5 Å². The maximum Gasteiger partial charge on any atom is 0.319 e. The first-order valence-corrected chi connectivity index (χ1v) is 5.57. The van der Waals surface area contributed by atoms with Crippen molar-refractivity contribution in [3.8, 4) is 0 Å². The van der Waals surface area contributed by atoms with Crippen LogP contribution in [0, 0.1) is 5.92 Å². The van der Waals surface area contributed by atoms with Gasteiger partial charge >= 0.3 is 5.97 Å². The van der Waals surface area contributed by atoms with Crippen molar-refractivity contribution >= 4 is 21.9 Å². The molecule has 0 bridgehead atoms. The molecule has 0 radical (unpaired) electrons. The zero-order valence-electron chi connectivity index (χ0n) is 7.83. The standard InChI is InChI=1S/C10H15BrO2/c1-8(11)10(12)13-7-9-5-3-2-4-6-9/h2-3,8-9H,4-7H2,1H3/t8-,9-/m1/s1. The van der Waals surface area contributed by atoms with E-state index in [2.05, 4.69) is 28.1 Å². The molecule has 0 spiro atoms. The summed E-state index contributed by atoms with van der Waals surface area (Å²) in [5, 5.41) is 0. The van der Waals surface area contributed by atoms with E-state index in [-0.39, 0.29) is 10.8 Å². The van der Waals surface area contributed by atoms with E-state index in [1.54, 1.807) is 6.92 Å². The van der Waals surface area contributed by atoms with Gasteiger partial charge < -0.3 is 4.74 Å². The fourth-order valence-electron chi connectivity index (χ4n) is 1.32. The molecule has 1 aliphatic rings. The Morgan fingerprint density at radius 3 is 3.00 bits per heavy atom. The summed E-state index contributed by atoms with van der Waals surface area (Å²) in [6.07, 6.45) is 7.65. The normalized spacial score (nSPS) is 24.0. The zero-order chi connectivity index (χ0) is 9.68. The Bertz CT molecular complexity index is 199. The van der Waals surface area contributed by atoms with Crippen LogP contribution in [0.25, 0.3) is 0 Å². The second-order valence-corrected chi connectivity index (χ2v) is 4.77. The van der Waals surface area contributed by atoms with Gasteiger partial charge in [0.25, 0.3) is 0 Å². The summed E-state index contributed by atoms with van der Waals surface area (Å²) >= 11 is 3.18. The van der Waals surface area contributed by atoms with E-state index in [1.165, 1.54) is 0 Å². The maximum absolute atomic E-state index is 11.1. The first kappa shape index (κ1) is 10.8. The van der Waals surface area contributed by atoms with Gasteiger partial charge in [0.15, 0.2) is 0 Å². The molecule has 0 aromatic heterocycles. The molecular weight excluding hydrogens is 232 g/mol. The number of ether oxygens (including phenoxy) is 1. The lowest BCUT2D eigenvalue weighted by Crippen LogP contribution is -2.19. The van der Waals surface area contributed by atoms with Gasteiger partial charge in [0.1, 0.15) is 4.83 Å². The van der Waals surface area contributed by atoms with E-state index in [1.807, 2.05) is 0 Å². The molecule has 0 unspecified atom stereocenters. The molecule has 0 fully saturated rings. The fraction of sp³-hybridized carbons (Fsp3) is 0.700. The van der Waals surface area contributed by atoms with Gasteiger partial charge in [-0.05, 0) is 32.1 Å². The molecule has 1 rings (SSSR count). The number of hydrogen-bond acceptors (Lipinski definition) is 2. The van der Waals surface area contributed by atoms with Crippen molar-refractivity contribution in [2.75, 3.05) is 6.61 Å². The minimum Gasteiger partial charge on any atom is -0.465 e. The van der Waals surface area contributed by atoms with E-state index in [4.69, 9.17) is 4.74 Å². The predicted octanol–water partition coefficient (Wildman–Crippen LogP) is 2.67. The Morgan fingerprint density at radius 2 is 2.46 bits per heavy atom. The van der Waals surface area contributed by atoms with Crippen LogP contribution in [0.5, 0.6) is 0 Å². The molecule has 1 aliphatic carbocycles. The van der Waals surface area contributed by atoms with Crippen LogP contribution < -0.4 is 0 Å². The number of hydrogen-bond donors (Lipinski definition) is 0. The van der Waals surface area contributed by atoms with Crippen molar-refractivity contribution in [3.05, 3.63) is 12.2 Å². The molecule has 0 saturated heterocycles. The largest absolute Gasteiger partial charge is 0.465 e. The Kier molecular flexibility index (Phi) is 4.50. The highest BCUT2D eigenvalue weighted by Gasteiger charge is 2.15. The lowest BCUT2D eigenvalue weighted by molar-refractivity contribution is -0.143. The highest BCUT2D eigenvalue weighted by Crippen LogP contribution is 2.18. The number of alkyl halides is 1. The molecule has 13 heavy (non-hydrogen) atoms. The summed E-state index contributed by atoms with van der Waals surface area (Å²) in [4.78, 5) is 10.9. The number of halogens is 1. The summed E-state index contributed by atoms with van der Waals surface area (Å²) in [6.45, 7) is 2.35. The molecule has 0 heterocycles. The zero-order valence-corrected chi connectivity index (χ0v) is 9.42. The van der Waals surface area contributed by atoms with Gasteiger partial charge in [-0.3, -0.25) is 4.79 Å². The summed E-state index contributed by atoms with van der Waals surface area (Å²) in [7, 11) is 0. The Hall–Kier alpha value is -0.310. The van der Waals surface area contributed by atoms with E-state index >= 15 is 0 Å². The highest BCUT2D eigenvalue weighted by molar-refractivity contribution is 9.10. The van der Waals surface area contributed by atoms with Crippen molar-refractivity contribution in [2.45, 2.75) is 31.0 Å². The molecule has 0 amide bonds.